The molecular formula is C18H14N4O2. The lowest BCUT2D eigenvalue weighted by molar-refractivity contribution is 0.415. The van der Waals surface area contributed by atoms with Crippen molar-refractivity contribution < 1.29 is 9.47 Å². The van der Waals surface area contributed by atoms with Gasteiger partial charge in [0, 0.05) is 17.6 Å². The zero-order chi connectivity index (χ0) is 16.4. The third kappa shape index (κ3) is 2.77. The van der Waals surface area contributed by atoms with Gasteiger partial charge in [-0.2, -0.15) is 4.98 Å². The molecule has 1 N–H and O–H groups in total. The summed E-state index contributed by atoms with van der Waals surface area (Å²) in [5.41, 5.74) is 2.65. The second kappa shape index (κ2) is 6.00. The molecule has 0 amide bonds. The third-order valence-corrected chi connectivity index (χ3v) is 3.62. The lowest BCUT2D eigenvalue weighted by atomic mass is 10.1. The second-order valence-corrected chi connectivity index (χ2v) is 5.16. The first kappa shape index (κ1) is 14.2. The van der Waals surface area contributed by atoms with Crippen LogP contribution in [0.1, 0.15) is 0 Å². The van der Waals surface area contributed by atoms with Crippen LogP contribution in [0, 0.1) is 0 Å². The number of ether oxygens (including phenoxy) is 2. The van der Waals surface area contributed by atoms with Gasteiger partial charge in [-0.25, -0.2) is 4.98 Å². The number of methoxy groups -OCH3 is 1. The van der Waals surface area contributed by atoms with Gasteiger partial charge in [0.05, 0.1) is 18.3 Å². The van der Waals surface area contributed by atoms with Gasteiger partial charge in [0.25, 0.3) is 0 Å². The number of hydrogen-bond acceptors (Lipinski definition) is 5. The van der Waals surface area contributed by atoms with Crippen molar-refractivity contribution >= 4 is 10.9 Å². The molecule has 2 heterocycles. The highest BCUT2D eigenvalue weighted by Crippen LogP contribution is 2.25. The van der Waals surface area contributed by atoms with Gasteiger partial charge in [-0.05, 0) is 35.9 Å². The third-order valence-electron chi connectivity index (χ3n) is 3.62. The fourth-order valence-corrected chi connectivity index (χ4v) is 2.37. The molecule has 6 heteroatoms. The van der Waals surface area contributed by atoms with Crippen molar-refractivity contribution in [2.24, 2.45) is 0 Å². The van der Waals surface area contributed by atoms with Crippen LogP contribution < -0.4 is 9.47 Å². The van der Waals surface area contributed by atoms with Gasteiger partial charge in [-0.15, -0.1) is 5.10 Å². The topological polar surface area (TPSA) is 72.9 Å². The van der Waals surface area contributed by atoms with E-state index in [0.717, 1.165) is 27.9 Å². The SMILES string of the molecule is COc1ccc(-c2cc(Oc3ncc4ccccc4n3)n[nH]2)cc1. The van der Waals surface area contributed by atoms with Crippen LogP contribution in [0.25, 0.3) is 22.2 Å². The Balaban J connectivity index is 1.57. The average molecular weight is 318 g/mol. The van der Waals surface area contributed by atoms with Crippen LogP contribution in [0.2, 0.25) is 0 Å². The summed E-state index contributed by atoms with van der Waals surface area (Å²) in [6.45, 7) is 0. The Morgan fingerprint density at radius 1 is 1.00 bits per heavy atom. The number of aromatic nitrogens is 4. The summed E-state index contributed by atoms with van der Waals surface area (Å²) in [5, 5.41) is 8.06. The number of benzene rings is 2. The highest BCUT2D eigenvalue weighted by Gasteiger charge is 2.08. The Morgan fingerprint density at radius 2 is 1.83 bits per heavy atom. The van der Waals surface area contributed by atoms with Crippen LogP contribution in [0.5, 0.6) is 17.6 Å². The molecule has 0 bridgehead atoms. The summed E-state index contributed by atoms with van der Waals surface area (Å²) >= 11 is 0. The first-order valence-electron chi connectivity index (χ1n) is 7.41. The van der Waals surface area contributed by atoms with Crippen LogP contribution in [0.15, 0.2) is 60.8 Å². The fraction of sp³-hybridized carbons (Fsp3) is 0.0556. The number of para-hydroxylation sites is 1. The van der Waals surface area contributed by atoms with E-state index in [1.165, 1.54) is 0 Å². The Labute approximate surface area is 138 Å². The predicted octanol–water partition coefficient (Wildman–Crippen LogP) is 3.82. The van der Waals surface area contributed by atoms with Crippen molar-refractivity contribution in [3.8, 4) is 28.9 Å². The number of nitrogens with zero attached hydrogens (tertiary/aromatic N) is 3. The van der Waals surface area contributed by atoms with Crippen LogP contribution >= 0.6 is 0 Å². The van der Waals surface area contributed by atoms with Crippen molar-refractivity contribution in [3.63, 3.8) is 0 Å². The summed E-state index contributed by atoms with van der Waals surface area (Å²) in [6, 6.07) is 17.5. The maximum Gasteiger partial charge on any atom is 0.323 e. The fourth-order valence-electron chi connectivity index (χ4n) is 2.37. The van der Waals surface area contributed by atoms with Gasteiger partial charge >= 0.3 is 6.01 Å². The van der Waals surface area contributed by atoms with Crippen molar-refractivity contribution in [3.05, 3.63) is 60.8 Å². The van der Waals surface area contributed by atoms with Gasteiger partial charge in [0.1, 0.15) is 5.75 Å². The Hall–Kier alpha value is -3.41. The molecule has 0 aliphatic carbocycles. The molecule has 4 rings (SSSR count). The van der Waals surface area contributed by atoms with E-state index in [2.05, 4.69) is 20.2 Å². The standard InChI is InChI=1S/C18H14N4O2/c1-23-14-8-6-12(7-9-14)16-10-17(22-21-16)24-18-19-11-13-4-2-3-5-15(13)20-18/h2-11H,1H3,(H,21,22). The van der Waals surface area contributed by atoms with Crippen LogP contribution in [-0.2, 0) is 0 Å². The number of aromatic amines is 1. The van der Waals surface area contributed by atoms with Crippen LogP contribution in [0.4, 0.5) is 0 Å². The molecule has 0 atom stereocenters. The van der Waals surface area contributed by atoms with Crippen LogP contribution in [0.3, 0.4) is 0 Å². The Morgan fingerprint density at radius 3 is 2.67 bits per heavy atom. The summed E-state index contributed by atoms with van der Waals surface area (Å²) < 4.78 is 10.8. The van der Waals surface area contributed by atoms with Gasteiger partial charge in [0.15, 0.2) is 0 Å². The quantitative estimate of drug-likeness (QED) is 0.619. The van der Waals surface area contributed by atoms with E-state index in [-0.39, 0.29) is 6.01 Å². The molecular weight excluding hydrogens is 304 g/mol. The molecule has 0 aliphatic rings. The number of H-pyrrole nitrogens is 1. The van der Waals surface area contributed by atoms with Crippen LogP contribution in [-0.4, -0.2) is 27.3 Å². The molecule has 0 radical (unpaired) electrons. The molecule has 0 saturated heterocycles. The van der Waals surface area contributed by atoms with E-state index in [4.69, 9.17) is 9.47 Å². The number of rotatable bonds is 4. The second-order valence-electron chi connectivity index (χ2n) is 5.16. The van der Waals surface area contributed by atoms with E-state index < -0.39 is 0 Å². The summed E-state index contributed by atoms with van der Waals surface area (Å²) in [5.74, 6) is 1.22. The molecule has 4 aromatic rings. The molecule has 2 aromatic carbocycles. The van der Waals surface area contributed by atoms with E-state index >= 15 is 0 Å². The van der Waals surface area contributed by atoms with Crippen molar-refractivity contribution in [2.45, 2.75) is 0 Å². The molecule has 118 valence electrons. The first-order chi connectivity index (χ1) is 11.8. The van der Waals surface area contributed by atoms with Gasteiger partial charge < -0.3 is 9.47 Å². The maximum absolute atomic E-state index is 5.64. The molecule has 0 saturated carbocycles. The van der Waals surface area contributed by atoms with Gasteiger partial charge in [-0.1, -0.05) is 18.2 Å². The summed E-state index contributed by atoms with van der Waals surface area (Å²) in [6.07, 6.45) is 1.73. The molecule has 0 unspecified atom stereocenters. The normalized spacial score (nSPS) is 10.7. The lowest BCUT2D eigenvalue weighted by Crippen LogP contribution is -1.92. The molecule has 2 aromatic heterocycles. The first-order valence-corrected chi connectivity index (χ1v) is 7.41. The smallest absolute Gasteiger partial charge is 0.323 e. The zero-order valence-corrected chi connectivity index (χ0v) is 12.9. The minimum Gasteiger partial charge on any atom is -0.497 e. The molecule has 0 fully saturated rings. The summed E-state index contributed by atoms with van der Waals surface area (Å²) in [7, 11) is 1.64. The highest BCUT2D eigenvalue weighted by molar-refractivity contribution is 5.77. The molecule has 0 aliphatic heterocycles. The number of hydrogen-bond donors (Lipinski definition) is 1. The lowest BCUT2D eigenvalue weighted by Gasteiger charge is -2.01. The number of nitrogens with one attached hydrogen (secondary N) is 1. The molecule has 6 nitrogen and oxygen atoms in total. The van der Waals surface area contributed by atoms with E-state index in [1.807, 2.05) is 48.5 Å². The minimum absolute atomic E-state index is 0.265. The van der Waals surface area contributed by atoms with Crippen molar-refractivity contribution in [2.75, 3.05) is 7.11 Å². The van der Waals surface area contributed by atoms with E-state index in [9.17, 15) is 0 Å². The largest absolute Gasteiger partial charge is 0.497 e. The highest BCUT2D eigenvalue weighted by atomic mass is 16.5. The average Bonchev–Trinajstić information content (AvgIpc) is 3.10. The zero-order valence-electron chi connectivity index (χ0n) is 12.9. The van der Waals surface area contributed by atoms with Crippen molar-refractivity contribution in [1.82, 2.24) is 20.2 Å². The number of fused-ring (bicyclic) bond motifs is 1. The molecule has 24 heavy (non-hydrogen) atoms. The minimum atomic E-state index is 0.265. The monoisotopic (exact) mass is 318 g/mol. The summed E-state index contributed by atoms with van der Waals surface area (Å²) in [4.78, 5) is 8.57. The maximum atomic E-state index is 5.64. The van der Waals surface area contributed by atoms with E-state index in [0.29, 0.717) is 5.88 Å². The van der Waals surface area contributed by atoms with Crippen molar-refractivity contribution in [1.29, 1.82) is 0 Å². The molecule has 0 spiro atoms. The Bertz CT molecular complexity index is 980. The van der Waals surface area contributed by atoms with Gasteiger partial charge in [0.2, 0.25) is 5.88 Å². The predicted molar refractivity (Wildman–Crippen MR) is 90.2 cm³/mol. The van der Waals surface area contributed by atoms with Gasteiger partial charge in [-0.3, -0.25) is 5.10 Å². The van der Waals surface area contributed by atoms with E-state index in [1.54, 1.807) is 19.4 Å². The Kier molecular flexibility index (Phi) is 3.55.